The molecule has 1 aliphatic heterocycles. The Hall–Kier alpha value is -1.84. The quantitative estimate of drug-likeness (QED) is 0.924. The molecule has 1 heterocycles. The van der Waals surface area contributed by atoms with Gasteiger partial charge >= 0.3 is 0 Å². The third kappa shape index (κ3) is 3.80. The summed E-state index contributed by atoms with van der Waals surface area (Å²) < 4.78 is 0. The fourth-order valence-electron chi connectivity index (χ4n) is 3.79. The van der Waals surface area contributed by atoms with Crippen LogP contribution in [0.5, 0.6) is 0 Å². The number of likely N-dealkylation sites (tertiary alicyclic amines) is 1. The van der Waals surface area contributed by atoms with Crippen LogP contribution in [0.4, 0.5) is 0 Å². The number of carbonyl (C=O) groups is 2. The molecule has 4 heteroatoms. The molecule has 130 valence electrons. The van der Waals surface area contributed by atoms with Crippen molar-refractivity contribution in [3.63, 3.8) is 0 Å². The Morgan fingerprint density at radius 2 is 1.83 bits per heavy atom. The fourth-order valence-corrected chi connectivity index (χ4v) is 3.79. The highest BCUT2D eigenvalue weighted by Gasteiger charge is 2.27. The maximum Gasteiger partial charge on any atom is 0.253 e. The zero-order chi connectivity index (χ0) is 16.9. The van der Waals surface area contributed by atoms with Crippen LogP contribution in [0.2, 0.25) is 0 Å². The topological polar surface area (TPSA) is 49.4 Å². The number of hydrogen-bond acceptors (Lipinski definition) is 2. The van der Waals surface area contributed by atoms with Crippen molar-refractivity contribution in [3.8, 4) is 0 Å². The minimum atomic E-state index is 0.0594. The highest BCUT2D eigenvalue weighted by Crippen LogP contribution is 2.24. The SMILES string of the molecule is CCCNC(=O)C1CCN(C(=O)c2ccc3c(c2)CCCC3)CC1. The molecule has 2 aliphatic rings. The third-order valence-electron chi connectivity index (χ3n) is 5.30. The van der Waals surface area contributed by atoms with E-state index in [-0.39, 0.29) is 17.7 Å². The Morgan fingerprint density at radius 1 is 1.12 bits per heavy atom. The lowest BCUT2D eigenvalue weighted by atomic mass is 9.90. The smallest absolute Gasteiger partial charge is 0.253 e. The van der Waals surface area contributed by atoms with E-state index in [1.807, 2.05) is 11.0 Å². The number of aryl methyl sites for hydroxylation is 2. The van der Waals surface area contributed by atoms with Crippen LogP contribution in [0.15, 0.2) is 18.2 Å². The summed E-state index contributed by atoms with van der Waals surface area (Å²) >= 11 is 0. The van der Waals surface area contributed by atoms with E-state index in [2.05, 4.69) is 24.4 Å². The van der Waals surface area contributed by atoms with Crippen LogP contribution in [-0.2, 0) is 17.6 Å². The van der Waals surface area contributed by atoms with Gasteiger partial charge in [-0.3, -0.25) is 9.59 Å². The normalized spacial score (nSPS) is 18.1. The van der Waals surface area contributed by atoms with E-state index < -0.39 is 0 Å². The number of amides is 2. The average Bonchev–Trinajstić information content (AvgIpc) is 2.65. The van der Waals surface area contributed by atoms with Gasteiger partial charge in [0.2, 0.25) is 5.91 Å². The molecule has 0 atom stereocenters. The lowest BCUT2D eigenvalue weighted by Gasteiger charge is -2.31. The van der Waals surface area contributed by atoms with Crippen LogP contribution in [-0.4, -0.2) is 36.3 Å². The van der Waals surface area contributed by atoms with Gasteiger partial charge in [-0.05, 0) is 68.2 Å². The van der Waals surface area contributed by atoms with Gasteiger partial charge in [0.05, 0.1) is 0 Å². The van der Waals surface area contributed by atoms with Crippen molar-refractivity contribution >= 4 is 11.8 Å². The van der Waals surface area contributed by atoms with Crippen LogP contribution in [0.3, 0.4) is 0 Å². The lowest BCUT2D eigenvalue weighted by Crippen LogP contribution is -2.43. The van der Waals surface area contributed by atoms with Crippen molar-refractivity contribution < 1.29 is 9.59 Å². The monoisotopic (exact) mass is 328 g/mol. The summed E-state index contributed by atoms with van der Waals surface area (Å²) in [7, 11) is 0. The molecule has 0 spiro atoms. The van der Waals surface area contributed by atoms with Crippen molar-refractivity contribution in [1.29, 1.82) is 0 Å². The summed E-state index contributed by atoms with van der Waals surface area (Å²) in [5, 5.41) is 2.97. The first-order chi connectivity index (χ1) is 11.7. The minimum Gasteiger partial charge on any atom is -0.356 e. The van der Waals surface area contributed by atoms with E-state index in [0.717, 1.165) is 44.2 Å². The van der Waals surface area contributed by atoms with E-state index in [0.29, 0.717) is 13.1 Å². The highest BCUT2D eigenvalue weighted by molar-refractivity contribution is 5.94. The molecule has 1 saturated heterocycles. The Bertz CT molecular complexity index is 604. The number of fused-ring (bicyclic) bond motifs is 1. The van der Waals surface area contributed by atoms with Crippen molar-refractivity contribution in [1.82, 2.24) is 10.2 Å². The maximum atomic E-state index is 12.8. The average molecular weight is 328 g/mol. The summed E-state index contributed by atoms with van der Waals surface area (Å²) in [6, 6.07) is 6.20. The summed E-state index contributed by atoms with van der Waals surface area (Å²) in [5.74, 6) is 0.331. The molecule has 1 N–H and O–H groups in total. The largest absolute Gasteiger partial charge is 0.356 e. The molecule has 0 bridgehead atoms. The fraction of sp³-hybridized carbons (Fsp3) is 0.600. The first-order valence-electron chi connectivity index (χ1n) is 9.38. The van der Waals surface area contributed by atoms with Gasteiger partial charge in [-0.1, -0.05) is 13.0 Å². The number of rotatable bonds is 4. The number of nitrogens with zero attached hydrogens (tertiary/aromatic N) is 1. The van der Waals surface area contributed by atoms with Gasteiger partial charge in [-0.25, -0.2) is 0 Å². The molecule has 3 rings (SSSR count). The molecule has 24 heavy (non-hydrogen) atoms. The minimum absolute atomic E-state index is 0.0594. The Morgan fingerprint density at radius 3 is 2.54 bits per heavy atom. The zero-order valence-corrected chi connectivity index (χ0v) is 14.6. The molecule has 4 nitrogen and oxygen atoms in total. The lowest BCUT2D eigenvalue weighted by molar-refractivity contribution is -0.126. The van der Waals surface area contributed by atoms with Crippen LogP contribution in [0.25, 0.3) is 0 Å². The van der Waals surface area contributed by atoms with Gasteiger partial charge in [-0.2, -0.15) is 0 Å². The first kappa shape index (κ1) is 17.0. The van der Waals surface area contributed by atoms with Gasteiger partial charge in [0, 0.05) is 31.1 Å². The predicted molar refractivity (Wildman–Crippen MR) is 95.0 cm³/mol. The Kier molecular flexibility index (Phi) is 5.54. The second kappa shape index (κ2) is 7.82. The van der Waals surface area contributed by atoms with Gasteiger partial charge in [0.1, 0.15) is 0 Å². The van der Waals surface area contributed by atoms with Crippen molar-refractivity contribution in [2.24, 2.45) is 5.92 Å². The maximum absolute atomic E-state index is 12.8. The molecule has 1 fully saturated rings. The Balaban J connectivity index is 1.58. The molecule has 1 aromatic rings. The van der Waals surface area contributed by atoms with Gasteiger partial charge in [0.25, 0.3) is 5.91 Å². The molecular formula is C20H28N2O2. The van der Waals surface area contributed by atoms with Crippen molar-refractivity contribution in [2.75, 3.05) is 19.6 Å². The van der Waals surface area contributed by atoms with Crippen LogP contribution in [0.1, 0.15) is 60.5 Å². The molecule has 2 amide bonds. The molecule has 1 aliphatic carbocycles. The van der Waals surface area contributed by atoms with Crippen molar-refractivity contribution in [3.05, 3.63) is 34.9 Å². The molecular weight excluding hydrogens is 300 g/mol. The van der Waals surface area contributed by atoms with E-state index in [1.54, 1.807) is 0 Å². The number of carbonyl (C=O) groups excluding carboxylic acids is 2. The second-order valence-electron chi connectivity index (χ2n) is 7.05. The molecule has 0 saturated carbocycles. The van der Waals surface area contributed by atoms with Crippen LogP contribution in [0, 0.1) is 5.92 Å². The second-order valence-corrected chi connectivity index (χ2v) is 7.05. The summed E-state index contributed by atoms with van der Waals surface area (Å²) in [4.78, 5) is 26.7. The van der Waals surface area contributed by atoms with Gasteiger partial charge in [-0.15, -0.1) is 0 Å². The Labute approximate surface area is 144 Å². The van der Waals surface area contributed by atoms with E-state index >= 15 is 0 Å². The molecule has 1 aromatic carbocycles. The zero-order valence-electron chi connectivity index (χ0n) is 14.6. The standard InChI is InChI=1S/C20H28N2O2/c1-2-11-21-19(23)16-9-12-22(13-10-16)20(24)18-8-7-15-5-3-4-6-17(15)14-18/h7-8,14,16H,2-6,9-13H2,1H3,(H,21,23). The van der Waals surface area contributed by atoms with E-state index in [4.69, 9.17) is 0 Å². The highest BCUT2D eigenvalue weighted by atomic mass is 16.2. The number of nitrogens with one attached hydrogen (secondary N) is 1. The van der Waals surface area contributed by atoms with Crippen molar-refractivity contribution in [2.45, 2.75) is 51.9 Å². The van der Waals surface area contributed by atoms with E-state index in [1.165, 1.54) is 24.0 Å². The van der Waals surface area contributed by atoms with Gasteiger partial charge < -0.3 is 10.2 Å². The van der Waals surface area contributed by atoms with Crippen LogP contribution < -0.4 is 5.32 Å². The number of piperidine rings is 1. The van der Waals surface area contributed by atoms with Crippen LogP contribution >= 0.6 is 0 Å². The summed E-state index contributed by atoms with van der Waals surface area (Å²) in [6.45, 7) is 4.16. The summed E-state index contributed by atoms with van der Waals surface area (Å²) in [5.41, 5.74) is 3.56. The van der Waals surface area contributed by atoms with Gasteiger partial charge in [0.15, 0.2) is 0 Å². The molecule has 0 aromatic heterocycles. The first-order valence-corrected chi connectivity index (χ1v) is 9.38. The number of hydrogen-bond donors (Lipinski definition) is 1. The number of benzene rings is 1. The molecule has 0 unspecified atom stereocenters. The molecule has 0 radical (unpaired) electrons. The predicted octanol–water partition coefficient (Wildman–Crippen LogP) is 2.94. The summed E-state index contributed by atoms with van der Waals surface area (Å²) in [6.07, 6.45) is 7.22. The third-order valence-corrected chi connectivity index (χ3v) is 5.30. The van der Waals surface area contributed by atoms with E-state index in [9.17, 15) is 9.59 Å².